The van der Waals surface area contributed by atoms with E-state index in [1.807, 2.05) is 47.9 Å². The third kappa shape index (κ3) is 4.31. The monoisotopic (exact) mass is 392 g/mol. The van der Waals surface area contributed by atoms with Gasteiger partial charge in [-0.2, -0.15) is 0 Å². The molecule has 6 heteroatoms. The van der Waals surface area contributed by atoms with Crippen LogP contribution in [0.15, 0.2) is 36.7 Å². The molecule has 0 N–H and O–H groups in total. The first-order valence-corrected chi connectivity index (χ1v) is 10.4. The Bertz CT molecular complexity index is 911. The first-order chi connectivity index (χ1) is 13.9. The average molecular weight is 393 g/mol. The quantitative estimate of drug-likeness (QED) is 0.805. The predicted octanol–water partition coefficient (Wildman–Crippen LogP) is 3.14. The number of hydrogen-bond acceptors (Lipinski definition) is 4. The Morgan fingerprint density at radius 1 is 1.14 bits per heavy atom. The summed E-state index contributed by atoms with van der Waals surface area (Å²) in [4.78, 5) is 38.2. The minimum Gasteiger partial charge on any atom is -0.338 e. The van der Waals surface area contributed by atoms with Gasteiger partial charge in [-0.05, 0) is 45.2 Å². The Balaban J connectivity index is 1.48. The summed E-state index contributed by atoms with van der Waals surface area (Å²) in [7, 11) is 0. The van der Waals surface area contributed by atoms with Crippen molar-refractivity contribution in [1.82, 2.24) is 19.8 Å². The number of piperidine rings is 2. The lowest BCUT2D eigenvalue weighted by molar-refractivity contribution is -0.139. The van der Waals surface area contributed by atoms with Crippen LogP contribution in [-0.2, 0) is 11.3 Å². The predicted molar refractivity (Wildman–Crippen MR) is 110 cm³/mol. The zero-order valence-corrected chi connectivity index (χ0v) is 17.2. The van der Waals surface area contributed by atoms with Crippen molar-refractivity contribution in [2.45, 2.75) is 46.1 Å². The van der Waals surface area contributed by atoms with Gasteiger partial charge in [0.05, 0.1) is 24.1 Å². The molecule has 2 fully saturated rings. The number of benzene rings is 1. The van der Waals surface area contributed by atoms with Crippen LogP contribution < -0.4 is 0 Å². The molecular formula is C23H28N4O2. The fourth-order valence-corrected chi connectivity index (χ4v) is 4.62. The van der Waals surface area contributed by atoms with Crippen molar-refractivity contribution in [1.29, 1.82) is 0 Å². The number of rotatable bonds is 3. The molecule has 2 saturated heterocycles. The molecule has 3 heterocycles. The van der Waals surface area contributed by atoms with Crippen LogP contribution in [0.2, 0.25) is 0 Å². The topological polar surface area (TPSA) is 66.4 Å². The Labute approximate surface area is 172 Å². The van der Waals surface area contributed by atoms with Gasteiger partial charge < -0.3 is 9.80 Å². The molecule has 2 amide bonds. The second-order valence-corrected chi connectivity index (χ2v) is 8.60. The molecule has 1 atom stereocenters. The van der Waals surface area contributed by atoms with Gasteiger partial charge in [-0.3, -0.25) is 19.6 Å². The molecule has 0 unspecified atom stereocenters. The number of hydrogen-bond donors (Lipinski definition) is 0. The van der Waals surface area contributed by atoms with E-state index in [-0.39, 0.29) is 17.2 Å². The molecule has 0 aliphatic carbocycles. The molecule has 0 saturated carbocycles. The van der Waals surface area contributed by atoms with Crippen molar-refractivity contribution in [2.24, 2.45) is 5.41 Å². The van der Waals surface area contributed by atoms with Crippen molar-refractivity contribution in [3.05, 3.63) is 59.2 Å². The van der Waals surface area contributed by atoms with Crippen LogP contribution in [0.3, 0.4) is 0 Å². The van der Waals surface area contributed by atoms with Crippen LogP contribution in [0, 0.1) is 19.3 Å². The van der Waals surface area contributed by atoms with Crippen LogP contribution in [0.25, 0.3) is 0 Å². The molecule has 1 aromatic carbocycles. The standard InChI is InChI=1S/C23H28N4O2/c1-17-5-3-6-19(11-17)22(29)26-10-4-8-23(15-26)9-7-21(28)27(16-23)14-20-13-24-18(2)12-25-20/h3,5-6,11-13H,4,7-10,14-16H2,1-2H3/t23-/m0/s1. The average Bonchev–Trinajstić information content (AvgIpc) is 2.72. The minimum atomic E-state index is -0.0240. The van der Waals surface area contributed by atoms with E-state index < -0.39 is 0 Å². The van der Waals surface area contributed by atoms with E-state index in [0.717, 1.165) is 48.3 Å². The van der Waals surface area contributed by atoms with Crippen molar-refractivity contribution < 1.29 is 9.59 Å². The molecule has 4 rings (SSSR count). The van der Waals surface area contributed by atoms with Gasteiger partial charge in [-0.1, -0.05) is 17.7 Å². The van der Waals surface area contributed by atoms with Crippen molar-refractivity contribution >= 4 is 11.8 Å². The van der Waals surface area contributed by atoms with Crippen LogP contribution in [-0.4, -0.2) is 51.2 Å². The summed E-state index contributed by atoms with van der Waals surface area (Å²) < 4.78 is 0. The summed E-state index contributed by atoms with van der Waals surface area (Å²) in [5.74, 6) is 0.265. The highest BCUT2D eigenvalue weighted by atomic mass is 16.2. The van der Waals surface area contributed by atoms with Gasteiger partial charge in [0.1, 0.15) is 0 Å². The number of aryl methyl sites for hydroxylation is 2. The summed E-state index contributed by atoms with van der Waals surface area (Å²) in [6, 6.07) is 7.79. The second-order valence-electron chi connectivity index (χ2n) is 8.60. The third-order valence-corrected chi connectivity index (χ3v) is 6.15. The van der Waals surface area contributed by atoms with Crippen molar-refractivity contribution in [2.75, 3.05) is 19.6 Å². The van der Waals surface area contributed by atoms with E-state index in [9.17, 15) is 9.59 Å². The van der Waals surface area contributed by atoms with Gasteiger partial charge in [0.2, 0.25) is 5.91 Å². The summed E-state index contributed by atoms with van der Waals surface area (Å²) in [6.45, 7) is 6.57. The maximum Gasteiger partial charge on any atom is 0.253 e. The zero-order chi connectivity index (χ0) is 20.4. The Morgan fingerprint density at radius 3 is 2.76 bits per heavy atom. The van der Waals surface area contributed by atoms with E-state index >= 15 is 0 Å². The Kier molecular flexibility index (Phi) is 5.35. The highest BCUT2D eigenvalue weighted by Crippen LogP contribution is 2.39. The van der Waals surface area contributed by atoms with Gasteiger partial charge in [0, 0.05) is 43.2 Å². The Hall–Kier alpha value is -2.76. The lowest BCUT2D eigenvalue weighted by Gasteiger charge is -2.48. The molecule has 1 spiro atoms. The van der Waals surface area contributed by atoms with Gasteiger partial charge in [-0.25, -0.2) is 0 Å². The van der Waals surface area contributed by atoms with Crippen LogP contribution in [0.5, 0.6) is 0 Å². The summed E-state index contributed by atoms with van der Waals surface area (Å²) >= 11 is 0. The van der Waals surface area contributed by atoms with Gasteiger partial charge >= 0.3 is 0 Å². The first kappa shape index (κ1) is 19.6. The van der Waals surface area contributed by atoms with E-state index in [4.69, 9.17) is 0 Å². The molecular weight excluding hydrogens is 364 g/mol. The summed E-state index contributed by atoms with van der Waals surface area (Å²) in [5, 5.41) is 0. The molecule has 29 heavy (non-hydrogen) atoms. The Morgan fingerprint density at radius 2 is 2.00 bits per heavy atom. The molecule has 2 aliphatic heterocycles. The highest BCUT2D eigenvalue weighted by Gasteiger charge is 2.42. The fraction of sp³-hybridized carbons (Fsp3) is 0.478. The SMILES string of the molecule is Cc1cccc(C(=O)N2CCC[C@]3(CCC(=O)N(Cc4cnc(C)cn4)C3)C2)c1. The summed E-state index contributed by atoms with van der Waals surface area (Å²) in [6.07, 6.45) is 6.89. The molecule has 0 bridgehead atoms. The molecule has 2 aromatic rings. The molecule has 2 aliphatic rings. The third-order valence-electron chi connectivity index (χ3n) is 6.15. The van der Waals surface area contributed by atoms with E-state index in [1.54, 1.807) is 12.4 Å². The van der Waals surface area contributed by atoms with Gasteiger partial charge in [0.15, 0.2) is 0 Å². The molecule has 0 radical (unpaired) electrons. The molecule has 6 nitrogen and oxygen atoms in total. The normalized spacial score (nSPS) is 22.2. The maximum absolute atomic E-state index is 13.1. The minimum absolute atomic E-state index is 0.0240. The molecule has 152 valence electrons. The number of likely N-dealkylation sites (tertiary alicyclic amines) is 2. The maximum atomic E-state index is 13.1. The van der Waals surface area contributed by atoms with Crippen LogP contribution in [0.4, 0.5) is 0 Å². The number of nitrogens with zero attached hydrogens (tertiary/aromatic N) is 4. The van der Waals surface area contributed by atoms with Crippen LogP contribution >= 0.6 is 0 Å². The largest absolute Gasteiger partial charge is 0.338 e. The van der Waals surface area contributed by atoms with Gasteiger partial charge in [-0.15, -0.1) is 0 Å². The number of carbonyl (C=O) groups is 2. The van der Waals surface area contributed by atoms with E-state index in [2.05, 4.69) is 9.97 Å². The number of carbonyl (C=O) groups excluding carboxylic acids is 2. The zero-order valence-electron chi connectivity index (χ0n) is 17.2. The fourth-order valence-electron chi connectivity index (χ4n) is 4.62. The summed E-state index contributed by atoms with van der Waals surface area (Å²) in [5.41, 5.74) is 3.50. The van der Waals surface area contributed by atoms with Gasteiger partial charge in [0.25, 0.3) is 5.91 Å². The number of aromatic nitrogens is 2. The number of amides is 2. The van der Waals surface area contributed by atoms with E-state index in [1.165, 1.54) is 0 Å². The lowest BCUT2D eigenvalue weighted by atomic mass is 9.73. The lowest BCUT2D eigenvalue weighted by Crippen LogP contribution is -2.54. The van der Waals surface area contributed by atoms with Crippen molar-refractivity contribution in [3.8, 4) is 0 Å². The van der Waals surface area contributed by atoms with E-state index in [0.29, 0.717) is 26.1 Å². The van der Waals surface area contributed by atoms with Crippen molar-refractivity contribution in [3.63, 3.8) is 0 Å². The highest BCUT2D eigenvalue weighted by molar-refractivity contribution is 5.94. The first-order valence-electron chi connectivity index (χ1n) is 10.4. The van der Waals surface area contributed by atoms with Crippen LogP contribution in [0.1, 0.15) is 53.0 Å². The smallest absolute Gasteiger partial charge is 0.253 e. The molecule has 1 aromatic heterocycles. The second kappa shape index (κ2) is 7.93.